The third kappa shape index (κ3) is 3.81. The van der Waals surface area contributed by atoms with Gasteiger partial charge in [-0.3, -0.25) is 14.2 Å². The molecule has 2 aromatic heterocycles. The minimum Gasteiger partial charge on any atom is -0.344 e. The van der Waals surface area contributed by atoms with Gasteiger partial charge < -0.3 is 5.32 Å². The lowest BCUT2D eigenvalue weighted by Crippen LogP contribution is -2.36. The van der Waals surface area contributed by atoms with Gasteiger partial charge in [-0.05, 0) is 36.3 Å². The number of aryl methyl sites for hydroxylation is 2. The zero-order valence-corrected chi connectivity index (χ0v) is 18.9. The third-order valence-electron chi connectivity index (χ3n) is 5.89. The van der Waals surface area contributed by atoms with Crippen molar-refractivity contribution in [2.75, 3.05) is 0 Å². The number of nitrogens with one attached hydrogen (secondary N) is 1. The van der Waals surface area contributed by atoms with E-state index >= 15 is 0 Å². The van der Waals surface area contributed by atoms with Gasteiger partial charge in [0.05, 0.1) is 16.3 Å². The molecule has 3 aromatic rings. The van der Waals surface area contributed by atoms with Crippen LogP contribution in [0.15, 0.2) is 35.1 Å². The largest absolute Gasteiger partial charge is 0.344 e. The molecule has 0 saturated carbocycles. The van der Waals surface area contributed by atoms with E-state index < -0.39 is 0 Å². The van der Waals surface area contributed by atoms with Crippen LogP contribution in [0.5, 0.6) is 0 Å². The number of carbonyl (C=O) groups is 1. The Labute approximate surface area is 181 Å². The number of amides is 1. The van der Waals surface area contributed by atoms with Gasteiger partial charge in [-0.2, -0.15) is 0 Å². The second-order valence-corrected chi connectivity index (χ2v) is 10.2. The molecule has 5 nitrogen and oxygen atoms in total. The summed E-state index contributed by atoms with van der Waals surface area (Å²) < 4.78 is 1.82. The van der Waals surface area contributed by atoms with E-state index in [1.165, 1.54) is 11.3 Å². The lowest BCUT2D eigenvalue weighted by atomic mass is 9.82. The zero-order chi connectivity index (χ0) is 21.5. The Hall–Kier alpha value is -2.47. The monoisotopic (exact) mass is 423 g/mol. The van der Waals surface area contributed by atoms with E-state index in [4.69, 9.17) is 4.98 Å². The highest BCUT2D eigenvalue weighted by molar-refractivity contribution is 7.20. The van der Waals surface area contributed by atoms with Crippen molar-refractivity contribution in [2.45, 2.75) is 66.0 Å². The molecule has 0 saturated heterocycles. The molecule has 30 heavy (non-hydrogen) atoms. The van der Waals surface area contributed by atoms with Crippen LogP contribution in [0.3, 0.4) is 0 Å². The van der Waals surface area contributed by atoms with Crippen molar-refractivity contribution >= 4 is 27.5 Å². The van der Waals surface area contributed by atoms with Crippen LogP contribution in [0.4, 0.5) is 0 Å². The summed E-state index contributed by atoms with van der Waals surface area (Å²) in [6.07, 6.45) is 4.00. The van der Waals surface area contributed by atoms with Crippen LogP contribution >= 0.6 is 11.3 Å². The van der Waals surface area contributed by atoms with Crippen LogP contribution in [0.25, 0.3) is 10.2 Å². The summed E-state index contributed by atoms with van der Waals surface area (Å²) in [7, 11) is 0. The average Bonchev–Trinajstić information content (AvgIpc) is 2.87. The summed E-state index contributed by atoms with van der Waals surface area (Å²) in [4.78, 5) is 32.6. The van der Waals surface area contributed by atoms with Gasteiger partial charge in [-0.1, -0.05) is 57.5 Å². The van der Waals surface area contributed by atoms with Crippen LogP contribution in [0.1, 0.15) is 72.7 Å². The number of fused-ring (bicyclic) bond motifs is 2. The lowest BCUT2D eigenvalue weighted by Gasteiger charge is -2.32. The summed E-state index contributed by atoms with van der Waals surface area (Å²) in [5.41, 5.74) is 1.66. The van der Waals surface area contributed by atoms with Crippen molar-refractivity contribution in [2.24, 2.45) is 5.41 Å². The van der Waals surface area contributed by atoms with Crippen LogP contribution in [0, 0.1) is 12.3 Å². The van der Waals surface area contributed by atoms with Gasteiger partial charge in [0.2, 0.25) is 0 Å². The summed E-state index contributed by atoms with van der Waals surface area (Å²) in [5, 5.41) is 3.83. The van der Waals surface area contributed by atoms with Crippen molar-refractivity contribution in [1.82, 2.24) is 14.9 Å². The van der Waals surface area contributed by atoms with E-state index in [2.05, 4.69) is 26.1 Å². The van der Waals surface area contributed by atoms with Gasteiger partial charge in [0.15, 0.2) is 0 Å². The fraction of sp³-hybridized carbons (Fsp3) is 0.458. The van der Waals surface area contributed by atoms with Gasteiger partial charge in [0.1, 0.15) is 10.7 Å². The number of hydrogen-bond acceptors (Lipinski definition) is 4. The van der Waals surface area contributed by atoms with Crippen molar-refractivity contribution in [3.05, 3.63) is 62.5 Å². The Balaban J connectivity index is 1.74. The standard InChI is InChI=1S/C24H29N3O2S/c1-15-18-22(25-17-13-9-6-10-14-27(17)23(18)29)30-19(15)21(28)26-20(24(2,3)4)16-11-7-5-8-12-16/h5,7-8,11-12,20H,6,9-10,13-14H2,1-4H3,(H,26,28). The Morgan fingerprint density at radius 1 is 1.17 bits per heavy atom. The molecule has 0 bridgehead atoms. The summed E-state index contributed by atoms with van der Waals surface area (Å²) in [6.45, 7) is 8.94. The molecule has 4 rings (SSSR count). The first-order chi connectivity index (χ1) is 14.3. The lowest BCUT2D eigenvalue weighted by molar-refractivity contribution is 0.0905. The van der Waals surface area contributed by atoms with Gasteiger partial charge in [0, 0.05) is 13.0 Å². The van der Waals surface area contributed by atoms with E-state index in [-0.39, 0.29) is 22.9 Å². The molecule has 0 spiro atoms. The average molecular weight is 424 g/mol. The van der Waals surface area contributed by atoms with Gasteiger partial charge in [-0.25, -0.2) is 4.98 Å². The first-order valence-electron chi connectivity index (χ1n) is 10.7. The maximum absolute atomic E-state index is 13.3. The van der Waals surface area contributed by atoms with Crippen molar-refractivity contribution in [3.63, 3.8) is 0 Å². The van der Waals surface area contributed by atoms with E-state index in [1.54, 1.807) is 0 Å². The van der Waals surface area contributed by atoms with Crippen LogP contribution in [0.2, 0.25) is 0 Å². The number of hydrogen-bond donors (Lipinski definition) is 1. The minimum atomic E-state index is -0.156. The van der Waals surface area contributed by atoms with E-state index in [1.807, 2.05) is 41.8 Å². The molecule has 1 N–H and O–H groups in total. The topological polar surface area (TPSA) is 64.0 Å². The van der Waals surface area contributed by atoms with E-state index in [0.29, 0.717) is 21.6 Å². The molecule has 6 heteroatoms. The quantitative estimate of drug-likeness (QED) is 0.644. The highest BCUT2D eigenvalue weighted by atomic mass is 32.1. The minimum absolute atomic E-state index is 0.000121. The third-order valence-corrected chi connectivity index (χ3v) is 7.08. The molecule has 1 amide bonds. The predicted molar refractivity (Wildman–Crippen MR) is 122 cm³/mol. The van der Waals surface area contributed by atoms with Gasteiger partial charge >= 0.3 is 0 Å². The highest BCUT2D eigenvalue weighted by Gasteiger charge is 2.30. The summed E-state index contributed by atoms with van der Waals surface area (Å²) >= 11 is 1.34. The van der Waals surface area contributed by atoms with Crippen molar-refractivity contribution in [3.8, 4) is 0 Å². The first-order valence-corrected chi connectivity index (χ1v) is 11.5. The molecule has 0 fully saturated rings. The number of benzene rings is 1. The van der Waals surface area contributed by atoms with Gasteiger partial charge in [-0.15, -0.1) is 11.3 Å². The fourth-order valence-corrected chi connectivity index (χ4v) is 5.36. The summed E-state index contributed by atoms with van der Waals surface area (Å²) in [6, 6.07) is 9.90. The number of rotatable bonds is 3. The highest BCUT2D eigenvalue weighted by Crippen LogP contribution is 2.34. The number of thiophene rings is 1. The molecular formula is C24H29N3O2S. The van der Waals surface area contributed by atoms with Crippen LogP contribution in [-0.2, 0) is 13.0 Å². The zero-order valence-electron chi connectivity index (χ0n) is 18.1. The van der Waals surface area contributed by atoms with Crippen LogP contribution in [-0.4, -0.2) is 15.5 Å². The molecular weight excluding hydrogens is 394 g/mol. The normalized spacial score (nSPS) is 15.5. The molecule has 158 valence electrons. The molecule has 1 atom stereocenters. The maximum atomic E-state index is 13.3. The Morgan fingerprint density at radius 2 is 1.90 bits per heavy atom. The molecule has 1 aliphatic heterocycles. The molecule has 0 aliphatic carbocycles. The molecule has 0 radical (unpaired) electrons. The smallest absolute Gasteiger partial charge is 0.262 e. The molecule has 3 heterocycles. The van der Waals surface area contributed by atoms with Gasteiger partial charge in [0.25, 0.3) is 11.5 Å². The molecule has 1 aromatic carbocycles. The van der Waals surface area contributed by atoms with Crippen LogP contribution < -0.4 is 10.9 Å². The molecule has 1 aliphatic rings. The predicted octanol–water partition coefficient (Wildman–Crippen LogP) is 5.01. The SMILES string of the molecule is Cc1c(C(=O)NC(c2ccccc2)C(C)(C)C)sc2nc3n(c(=O)c12)CCCCC3. The van der Waals surface area contributed by atoms with E-state index in [9.17, 15) is 9.59 Å². The molecule has 1 unspecified atom stereocenters. The number of aromatic nitrogens is 2. The number of nitrogens with zero attached hydrogens (tertiary/aromatic N) is 2. The Bertz CT molecular complexity index is 1140. The van der Waals surface area contributed by atoms with E-state index in [0.717, 1.165) is 42.6 Å². The second-order valence-electron chi connectivity index (χ2n) is 9.22. The number of carbonyl (C=O) groups excluding carboxylic acids is 1. The summed E-state index contributed by atoms with van der Waals surface area (Å²) in [5.74, 6) is 0.717. The second kappa shape index (κ2) is 7.99. The first kappa shape index (κ1) is 20.8. The Morgan fingerprint density at radius 3 is 2.60 bits per heavy atom. The fourth-order valence-electron chi connectivity index (χ4n) is 4.27. The van der Waals surface area contributed by atoms with Crippen molar-refractivity contribution in [1.29, 1.82) is 0 Å². The Kier molecular flexibility index (Phi) is 5.53. The maximum Gasteiger partial charge on any atom is 0.262 e. The van der Waals surface area contributed by atoms with Crippen molar-refractivity contribution < 1.29 is 4.79 Å².